The summed E-state index contributed by atoms with van der Waals surface area (Å²) in [6.07, 6.45) is 7.14. The Morgan fingerprint density at radius 1 is 1.28 bits per heavy atom. The van der Waals surface area contributed by atoms with Gasteiger partial charge in [0.1, 0.15) is 17.5 Å². The van der Waals surface area contributed by atoms with Crippen LogP contribution in [0.1, 0.15) is 29.5 Å². The van der Waals surface area contributed by atoms with Gasteiger partial charge in [-0.25, -0.2) is 9.97 Å². The number of nitrogens with one attached hydrogen (secondary N) is 2. The zero-order chi connectivity index (χ0) is 17.1. The minimum absolute atomic E-state index is 0.277. The monoisotopic (exact) mass is 337 g/mol. The molecule has 4 rings (SSSR count). The number of pyridine rings is 2. The number of ether oxygens (including phenoxy) is 1. The number of nitrogens with zero attached hydrogens (tertiary/aromatic N) is 3. The topological polar surface area (TPSA) is 71.4 Å². The van der Waals surface area contributed by atoms with E-state index in [1.807, 2.05) is 18.3 Å². The molecule has 2 aromatic heterocycles. The molecule has 0 saturated carbocycles. The molecule has 130 valence electrons. The second-order valence-corrected chi connectivity index (χ2v) is 6.58. The predicted molar refractivity (Wildman–Crippen MR) is 99.9 cm³/mol. The average molecular weight is 337 g/mol. The van der Waals surface area contributed by atoms with E-state index >= 15 is 0 Å². The van der Waals surface area contributed by atoms with Crippen LogP contribution in [0.4, 0.5) is 17.5 Å². The predicted octanol–water partition coefficient (Wildman–Crippen LogP) is 3.25. The Morgan fingerprint density at radius 2 is 2.24 bits per heavy atom. The summed E-state index contributed by atoms with van der Waals surface area (Å²) in [6, 6.07) is 6.10. The van der Waals surface area contributed by atoms with Gasteiger partial charge < -0.3 is 15.4 Å². The van der Waals surface area contributed by atoms with Gasteiger partial charge in [-0.1, -0.05) is 0 Å². The van der Waals surface area contributed by atoms with E-state index in [1.54, 1.807) is 6.20 Å². The summed E-state index contributed by atoms with van der Waals surface area (Å²) in [5.41, 5.74) is 3.61. The maximum atomic E-state index is 5.71. The van der Waals surface area contributed by atoms with E-state index in [1.165, 1.54) is 16.7 Å². The van der Waals surface area contributed by atoms with Crippen molar-refractivity contribution >= 4 is 23.7 Å². The first-order valence-electron chi connectivity index (χ1n) is 8.84. The molecule has 25 heavy (non-hydrogen) atoms. The molecule has 0 amide bonds. The quantitative estimate of drug-likeness (QED) is 0.876. The fourth-order valence-corrected chi connectivity index (χ4v) is 3.26. The summed E-state index contributed by atoms with van der Waals surface area (Å²) in [4.78, 5) is 13.6. The molecule has 2 aromatic rings. The highest BCUT2D eigenvalue weighted by atomic mass is 16.5. The lowest BCUT2D eigenvalue weighted by Crippen LogP contribution is -2.21. The molecule has 0 aliphatic carbocycles. The fourth-order valence-electron chi connectivity index (χ4n) is 3.26. The second-order valence-electron chi connectivity index (χ2n) is 6.58. The average Bonchev–Trinajstić information content (AvgIpc) is 3.13. The summed E-state index contributed by atoms with van der Waals surface area (Å²) < 4.78 is 5.71. The molecule has 2 N–H and O–H groups in total. The van der Waals surface area contributed by atoms with Gasteiger partial charge in [-0.05, 0) is 49.1 Å². The van der Waals surface area contributed by atoms with Crippen LogP contribution < -0.4 is 10.6 Å². The number of aliphatic imine (C=N–C) groups is 1. The van der Waals surface area contributed by atoms with Gasteiger partial charge in [0.15, 0.2) is 0 Å². The normalized spacial score (nSPS) is 18.8. The molecule has 0 radical (unpaired) electrons. The Balaban J connectivity index is 1.58. The number of aryl methyl sites for hydroxylation is 1. The molecule has 6 heteroatoms. The number of anilines is 3. The van der Waals surface area contributed by atoms with Gasteiger partial charge in [0, 0.05) is 37.5 Å². The van der Waals surface area contributed by atoms with Gasteiger partial charge in [-0.2, -0.15) is 0 Å². The number of rotatable bonds is 5. The van der Waals surface area contributed by atoms with Gasteiger partial charge >= 0.3 is 0 Å². The number of hydrogen-bond acceptors (Lipinski definition) is 6. The van der Waals surface area contributed by atoms with Crippen molar-refractivity contribution in [1.29, 1.82) is 0 Å². The molecule has 2 aliphatic rings. The molecule has 0 aromatic carbocycles. The SMILES string of the molecule is Cc1ccnc(Nc2cc3c(c(NC[C@H]4CCCO4)n2)CN=CC3)c1. The van der Waals surface area contributed by atoms with E-state index in [9.17, 15) is 0 Å². The first-order chi connectivity index (χ1) is 12.3. The van der Waals surface area contributed by atoms with E-state index < -0.39 is 0 Å². The molecule has 1 saturated heterocycles. The zero-order valence-corrected chi connectivity index (χ0v) is 14.5. The maximum absolute atomic E-state index is 5.71. The summed E-state index contributed by atoms with van der Waals surface area (Å²) in [6.45, 7) is 4.38. The lowest BCUT2D eigenvalue weighted by Gasteiger charge is -2.19. The summed E-state index contributed by atoms with van der Waals surface area (Å²) in [7, 11) is 0. The van der Waals surface area contributed by atoms with Gasteiger partial charge in [-0.15, -0.1) is 0 Å². The van der Waals surface area contributed by atoms with Crippen molar-refractivity contribution in [3.8, 4) is 0 Å². The van der Waals surface area contributed by atoms with Crippen LogP contribution in [0.2, 0.25) is 0 Å². The molecule has 6 nitrogen and oxygen atoms in total. The van der Waals surface area contributed by atoms with Crippen LogP contribution in [0.25, 0.3) is 0 Å². The van der Waals surface area contributed by atoms with Crippen LogP contribution in [0.15, 0.2) is 29.4 Å². The lowest BCUT2D eigenvalue weighted by atomic mass is 10.0. The molecule has 1 fully saturated rings. The Labute approximate surface area is 147 Å². The van der Waals surface area contributed by atoms with Crippen molar-refractivity contribution in [3.63, 3.8) is 0 Å². The van der Waals surface area contributed by atoms with Crippen molar-refractivity contribution in [2.75, 3.05) is 23.8 Å². The molecule has 2 aliphatic heterocycles. The molecule has 0 spiro atoms. The fraction of sp³-hybridized carbons (Fsp3) is 0.421. The molecule has 4 heterocycles. The van der Waals surface area contributed by atoms with Crippen molar-refractivity contribution in [2.24, 2.45) is 4.99 Å². The van der Waals surface area contributed by atoms with Crippen LogP contribution >= 0.6 is 0 Å². The zero-order valence-electron chi connectivity index (χ0n) is 14.5. The van der Waals surface area contributed by atoms with Crippen LogP contribution in [0.3, 0.4) is 0 Å². The van der Waals surface area contributed by atoms with Gasteiger partial charge in [0.2, 0.25) is 0 Å². The van der Waals surface area contributed by atoms with E-state index in [0.29, 0.717) is 6.54 Å². The third kappa shape index (κ3) is 3.79. The summed E-state index contributed by atoms with van der Waals surface area (Å²) in [5.74, 6) is 2.52. The Kier molecular flexibility index (Phi) is 4.61. The van der Waals surface area contributed by atoms with E-state index in [0.717, 1.165) is 49.9 Å². The van der Waals surface area contributed by atoms with Crippen molar-refractivity contribution in [3.05, 3.63) is 41.1 Å². The summed E-state index contributed by atoms with van der Waals surface area (Å²) >= 11 is 0. The minimum Gasteiger partial charge on any atom is -0.376 e. The Morgan fingerprint density at radius 3 is 3.08 bits per heavy atom. The standard InChI is InChI=1S/C19H23N5O/c1-13-4-7-21-17(9-13)23-18-10-14-5-6-20-12-16(14)19(24-18)22-11-15-3-2-8-25-15/h4,6-7,9-10,15H,2-3,5,8,11-12H2,1H3,(H2,21,22,23,24)/t15-/m1/s1. The first-order valence-corrected chi connectivity index (χ1v) is 8.84. The van der Waals surface area contributed by atoms with Crippen molar-refractivity contribution in [2.45, 2.75) is 38.8 Å². The molecular weight excluding hydrogens is 314 g/mol. The lowest BCUT2D eigenvalue weighted by molar-refractivity contribution is 0.120. The second kappa shape index (κ2) is 7.19. The van der Waals surface area contributed by atoms with Crippen LogP contribution in [-0.4, -0.2) is 35.4 Å². The number of aromatic nitrogens is 2. The van der Waals surface area contributed by atoms with Gasteiger partial charge in [0.25, 0.3) is 0 Å². The maximum Gasteiger partial charge on any atom is 0.134 e. The Bertz CT molecular complexity index is 783. The van der Waals surface area contributed by atoms with Crippen LogP contribution in [0.5, 0.6) is 0 Å². The van der Waals surface area contributed by atoms with E-state index in [-0.39, 0.29) is 6.10 Å². The highest BCUT2D eigenvalue weighted by Crippen LogP contribution is 2.27. The highest BCUT2D eigenvalue weighted by Gasteiger charge is 2.18. The van der Waals surface area contributed by atoms with E-state index in [4.69, 9.17) is 9.72 Å². The van der Waals surface area contributed by atoms with Gasteiger partial charge in [-0.3, -0.25) is 4.99 Å². The number of fused-ring (bicyclic) bond motifs is 1. The van der Waals surface area contributed by atoms with E-state index in [2.05, 4.69) is 33.6 Å². The Hall–Kier alpha value is -2.47. The van der Waals surface area contributed by atoms with Crippen LogP contribution in [-0.2, 0) is 17.7 Å². The van der Waals surface area contributed by atoms with Crippen LogP contribution in [0, 0.1) is 6.92 Å². The third-order valence-corrected chi connectivity index (χ3v) is 4.60. The van der Waals surface area contributed by atoms with Crippen molar-refractivity contribution in [1.82, 2.24) is 9.97 Å². The molecule has 0 bridgehead atoms. The van der Waals surface area contributed by atoms with Crippen molar-refractivity contribution < 1.29 is 4.74 Å². The van der Waals surface area contributed by atoms with Gasteiger partial charge in [0.05, 0.1) is 12.6 Å². The highest BCUT2D eigenvalue weighted by molar-refractivity contribution is 5.70. The smallest absolute Gasteiger partial charge is 0.134 e. The number of hydrogen-bond donors (Lipinski definition) is 2. The molecule has 1 atom stereocenters. The third-order valence-electron chi connectivity index (χ3n) is 4.60. The largest absolute Gasteiger partial charge is 0.376 e. The minimum atomic E-state index is 0.277. The molecular formula is C19H23N5O. The molecule has 0 unspecified atom stereocenters. The summed E-state index contributed by atoms with van der Waals surface area (Å²) in [5, 5.41) is 6.81. The first kappa shape index (κ1) is 16.0.